The van der Waals surface area contributed by atoms with Gasteiger partial charge in [0.2, 0.25) is 17.7 Å². The van der Waals surface area contributed by atoms with E-state index in [0.717, 1.165) is 18.4 Å². The second kappa shape index (κ2) is 13.7. The van der Waals surface area contributed by atoms with Crippen LogP contribution in [-0.4, -0.2) is 88.7 Å². The number of amides is 3. The molecule has 0 unspecified atom stereocenters. The minimum atomic E-state index is -1.32. The summed E-state index contributed by atoms with van der Waals surface area (Å²) in [5.41, 5.74) is -0.386. The number of carbonyl (C=O) groups excluding carboxylic acids is 4. The van der Waals surface area contributed by atoms with E-state index >= 15 is 0 Å². The smallest absolute Gasteiger partial charge is 0.313 e. The average molecular weight is 659 g/mol. The van der Waals surface area contributed by atoms with Gasteiger partial charge >= 0.3 is 5.97 Å². The first-order chi connectivity index (χ1) is 20.8. The van der Waals surface area contributed by atoms with Gasteiger partial charge in [0, 0.05) is 37.1 Å². The Labute approximate surface area is 260 Å². The maximum absolute atomic E-state index is 14.7. The summed E-state index contributed by atoms with van der Waals surface area (Å²) >= 11 is 3.57. The number of ether oxygens (including phenoxy) is 2. The number of carbonyl (C=O) groups is 4. The molecule has 0 saturated carbocycles. The lowest BCUT2D eigenvalue weighted by Gasteiger charge is -2.36. The number of cyclic esters (lactones) is 1. The molecule has 1 aromatic rings. The molecular weight excluding hydrogens is 618 g/mol. The normalized spacial score (nSPS) is 32.0. The molecule has 6 atom stereocenters. The monoisotopic (exact) mass is 657 g/mol. The van der Waals surface area contributed by atoms with Crippen LogP contribution in [0, 0.1) is 11.8 Å². The summed E-state index contributed by atoms with van der Waals surface area (Å²) in [4.78, 5) is 58.2. The van der Waals surface area contributed by atoms with Crippen LogP contribution in [0.4, 0.5) is 0 Å². The predicted molar refractivity (Wildman–Crippen MR) is 161 cm³/mol. The molecule has 0 aliphatic carbocycles. The summed E-state index contributed by atoms with van der Waals surface area (Å²) in [7, 11) is 0. The van der Waals surface area contributed by atoms with Crippen LogP contribution in [0.3, 0.4) is 0 Å². The molecule has 1 spiro atoms. The Morgan fingerprint density at radius 3 is 2.58 bits per heavy atom. The number of halogens is 1. The van der Waals surface area contributed by atoms with Gasteiger partial charge in [-0.1, -0.05) is 71.3 Å². The van der Waals surface area contributed by atoms with E-state index in [9.17, 15) is 24.3 Å². The zero-order valence-corrected chi connectivity index (χ0v) is 26.0. The highest BCUT2D eigenvalue weighted by Crippen LogP contribution is 2.59. The molecule has 2 fully saturated rings. The maximum atomic E-state index is 14.7. The summed E-state index contributed by atoms with van der Waals surface area (Å²) in [6.07, 6.45) is 7.91. The number of likely N-dealkylation sites (tertiary alicyclic amines) is 1. The Morgan fingerprint density at radius 1 is 1.05 bits per heavy atom. The number of hydrogen-bond donors (Lipinski definition) is 2. The van der Waals surface area contributed by atoms with E-state index in [0.29, 0.717) is 36.8 Å². The number of unbranched alkanes of at least 4 members (excludes halogenated alkanes) is 3. The molecule has 10 nitrogen and oxygen atoms in total. The molecule has 0 aromatic heterocycles. The number of fused-ring (bicyclic) bond motifs is 2. The van der Waals surface area contributed by atoms with Crippen molar-refractivity contribution < 1.29 is 33.8 Å². The summed E-state index contributed by atoms with van der Waals surface area (Å²) in [5, 5.41) is 12.0. The second-order valence-corrected chi connectivity index (χ2v) is 12.7. The van der Waals surface area contributed by atoms with Gasteiger partial charge in [0.05, 0.1) is 12.5 Å². The fourth-order valence-corrected chi connectivity index (χ4v) is 7.40. The van der Waals surface area contributed by atoms with Crippen LogP contribution in [0.1, 0.15) is 51.0 Å². The summed E-state index contributed by atoms with van der Waals surface area (Å²) in [6.45, 7) is 2.89. The lowest BCUT2D eigenvalue weighted by molar-refractivity contribution is -0.158. The largest absolute Gasteiger partial charge is 0.460 e. The van der Waals surface area contributed by atoms with Crippen molar-refractivity contribution in [2.24, 2.45) is 11.8 Å². The van der Waals surface area contributed by atoms with E-state index in [2.05, 4.69) is 21.2 Å². The number of benzene rings is 1. The van der Waals surface area contributed by atoms with Gasteiger partial charge in [0.1, 0.15) is 29.8 Å². The van der Waals surface area contributed by atoms with Gasteiger partial charge in [-0.2, -0.15) is 0 Å². The first-order valence-electron chi connectivity index (χ1n) is 15.2. The molecule has 0 radical (unpaired) electrons. The second-order valence-electron chi connectivity index (χ2n) is 11.8. The molecule has 4 aliphatic heterocycles. The van der Waals surface area contributed by atoms with Crippen LogP contribution in [-0.2, 0) is 35.2 Å². The van der Waals surface area contributed by atoms with Gasteiger partial charge in [0.25, 0.3) is 0 Å². The summed E-state index contributed by atoms with van der Waals surface area (Å²) in [6, 6.07) is 8.68. The minimum absolute atomic E-state index is 0.108. The lowest BCUT2D eigenvalue weighted by Crippen LogP contribution is -2.55. The molecular formula is C32H40BrN3O7. The Kier molecular flexibility index (Phi) is 10.0. The Morgan fingerprint density at radius 2 is 1.81 bits per heavy atom. The minimum Gasteiger partial charge on any atom is -0.460 e. The van der Waals surface area contributed by atoms with E-state index in [-0.39, 0.29) is 43.8 Å². The first-order valence-corrected chi connectivity index (χ1v) is 16.0. The molecule has 4 heterocycles. The van der Waals surface area contributed by atoms with Crippen molar-refractivity contribution >= 4 is 39.6 Å². The van der Waals surface area contributed by atoms with Crippen LogP contribution in [0.2, 0.25) is 0 Å². The number of nitrogens with one attached hydrogen (secondary N) is 1. The Balaban J connectivity index is 1.53. The van der Waals surface area contributed by atoms with Crippen LogP contribution in [0.25, 0.3) is 0 Å². The van der Waals surface area contributed by atoms with Gasteiger partial charge in [-0.3, -0.25) is 19.2 Å². The maximum Gasteiger partial charge on any atom is 0.313 e. The third-order valence-corrected chi connectivity index (χ3v) is 9.38. The van der Waals surface area contributed by atoms with Gasteiger partial charge < -0.3 is 29.7 Å². The molecule has 4 aliphatic rings. The van der Waals surface area contributed by atoms with Crippen LogP contribution < -0.4 is 5.32 Å². The molecule has 1 aromatic carbocycles. The van der Waals surface area contributed by atoms with Gasteiger partial charge in [0.15, 0.2) is 0 Å². The third-order valence-electron chi connectivity index (χ3n) is 8.70. The molecule has 3 amide bonds. The van der Waals surface area contributed by atoms with Gasteiger partial charge in [-0.15, -0.1) is 0 Å². The van der Waals surface area contributed by atoms with Crippen LogP contribution in [0.5, 0.6) is 0 Å². The molecule has 5 bridgehead atoms. The highest BCUT2D eigenvalue weighted by atomic mass is 79.9. The Bertz CT molecular complexity index is 1270. The zero-order valence-electron chi connectivity index (χ0n) is 24.5. The molecule has 2 saturated heterocycles. The number of hydrogen-bond acceptors (Lipinski definition) is 7. The number of nitrogens with zero attached hydrogens (tertiary/aromatic N) is 2. The van der Waals surface area contributed by atoms with Gasteiger partial charge in [-0.25, -0.2) is 0 Å². The lowest BCUT2D eigenvalue weighted by atomic mass is 9.74. The van der Waals surface area contributed by atoms with Crippen molar-refractivity contribution in [3.63, 3.8) is 0 Å². The predicted octanol–water partition coefficient (Wildman–Crippen LogP) is 2.84. The van der Waals surface area contributed by atoms with Crippen LogP contribution >= 0.6 is 15.9 Å². The third kappa shape index (κ3) is 6.44. The molecule has 2 N–H and O–H groups in total. The van der Waals surface area contributed by atoms with Crippen LogP contribution in [0.15, 0.2) is 53.0 Å². The quantitative estimate of drug-likeness (QED) is 0.250. The number of esters is 1. The van der Waals surface area contributed by atoms with Crippen molar-refractivity contribution in [2.75, 3.05) is 26.2 Å². The topological polar surface area (TPSA) is 125 Å². The summed E-state index contributed by atoms with van der Waals surface area (Å²) < 4.78 is 12.9. The van der Waals surface area contributed by atoms with E-state index in [1.807, 2.05) is 48.6 Å². The van der Waals surface area contributed by atoms with E-state index in [4.69, 9.17) is 9.47 Å². The highest BCUT2D eigenvalue weighted by molar-refractivity contribution is 9.11. The number of allylic oxidation sites excluding steroid dienone is 1. The molecule has 43 heavy (non-hydrogen) atoms. The highest BCUT2D eigenvalue weighted by Gasteiger charge is 2.74. The zero-order chi connectivity index (χ0) is 30.6. The van der Waals surface area contributed by atoms with Crippen molar-refractivity contribution in [3.8, 4) is 0 Å². The Hall–Kier alpha value is -3.02. The fourth-order valence-electron chi connectivity index (χ4n) is 6.66. The van der Waals surface area contributed by atoms with E-state index < -0.39 is 41.7 Å². The van der Waals surface area contributed by atoms with Crippen molar-refractivity contribution in [2.45, 2.75) is 75.8 Å². The first kappa shape index (κ1) is 31.4. The van der Waals surface area contributed by atoms with E-state index in [1.165, 1.54) is 0 Å². The standard InChI is InChI=1S/C32H40BrN3O7/c1-21-19-34-24(38)14-8-5-9-15-35(20-22-12-6-4-7-13-22)30(40)28-32-18-23(33)27(43-32)25(31(41)42-21)26(32)29(39)36(28)16-10-2-3-11-17-37/h4-7,9,12-13,18,21,25-28,37H,2-3,8,10-11,14-17,19-20H2,1H3,(H,34,38)/b9-5-/t21-,25+,26-,27+,28+,32-/m1/s1. The fraction of sp³-hybridized carbons (Fsp3) is 0.562. The number of rotatable bonds is 8. The van der Waals surface area contributed by atoms with Gasteiger partial charge in [-0.05, 0) is 37.8 Å². The van der Waals surface area contributed by atoms with Crippen molar-refractivity contribution in [1.82, 2.24) is 15.1 Å². The van der Waals surface area contributed by atoms with Crippen molar-refractivity contribution in [3.05, 3.63) is 58.6 Å². The summed E-state index contributed by atoms with van der Waals surface area (Å²) in [5.74, 6) is -3.15. The number of aliphatic hydroxyl groups is 1. The SMILES string of the molecule is C[C@@H]1CNC(=O)CC/C=C\CN(Cc2ccccc2)C(=O)[C@@H]2N(CCCCCCO)C(=O)[C@H]3[C@H](C(=O)O1)[C@H]1O[C@@]23C=C1Br. The average Bonchev–Trinajstić information content (AvgIpc) is 3.58. The number of aliphatic hydroxyl groups excluding tert-OH is 1. The molecule has 11 heteroatoms. The molecule has 5 rings (SSSR count). The van der Waals surface area contributed by atoms with Crippen molar-refractivity contribution in [1.29, 1.82) is 0 Å². The molecule has 232 valence electrons. The van der Waals surface area contributed by atoms with E-state index in [1.54, 1.807) is 16.7 Å².